The molecule has 0 N–H and O–H groups in total. The number of nitrogens with zero attached hydrogens (tertiary/aromatic N) is 3. The number of hydrogen-bond acceptors (Lipinski definition) is 2. The topological polar surface area (TPSA) is 52.5 Å². The molecule has 0 saturated carbocycles. The molecule has 224 valence electrons. The Hall–Kier alpha value is -6.46. The van der Waals surface area contributed by atoms with E-state index >= 15 is 0 Å². The molecule has 3 nitrogen and oxygen atoms in total. The third-order valence-corrected chi connectivity index (χ3v) is 14.2. The number of benzene rings is 7. The summed E-state index contributed by atoms with van der Waals surface area (Å²) in [6.45, 7) is 0. The van der Waals surface area contributed by atoms with Gasteiger partial charge in [-0.3, -0.25) is 0 Å². The molecule has 0 aliphatic heterocycles. The molecule has 8 aromatic rings. The van der Waals surface area contributed by atoms with Crippen LogP contribution < -0.4 is 20.7 Å². The SMILES string of the molecule is N#Cc1ccc2c(c1)c1cc(C#N)ccc1n2-c1cccc(-c2ccccc2[Si](c2ccccc2)(c2ccccc2)c2ccccc2)c1. The van der Waals surface area contributed by atoms with Gasteiger partial charge < -0.3 is 4.57 Å². The fourth-order valence-corrected chi connectivity index (χ4v) is 12.3. The van der Waals surface area contributed by atoms with Crippen molar-refractivity contribution in [2.24, 2.45) is 0 Å². The number of aromatic nitrogens is 1. The summed E-state index contributed by atoms with van der Waals surface area (Å²) < 4.78 is 2.25. The lowest BCUT2D eigenvalue weighted by atomic mass is 10.0. The highest BCUT2D eigenvalue weighted by atomic mass is 28.3. The Kier molecular flexibility index (Phi) is 7.27. The molecule has 8 rings (SSSR count). The van der Waals surface area contributed by atoms with Gasteiger partial charge in [-0.15, -0.1) is 0 Å². The third-order valence-electron chi connectivity index (χ3n) is 9.39. The monoisotopic (exact) mass is 627 g/mol. The van der Waals surface area contributed by atoms with E-state index in [2.05, 4.69) is 156 Å². The van der Waals surface area contributed by atoms with Crippen LogP contribution in [0.25, 0.3) is 38.6 Å². The summed E-state index contributed by atoms with van der Waals surface area (Å²) >= 11 is 0. The van der Waals surface area contributed by atoms with Crippen LogP contribution in [0.15, 0.2) is 176 Å². The van der Waals surface area contributed by atoms with Crippen molar-refractivity contribution in [1.29, 1.82) is 10.5 Å². The minimum Gasteiger partial charge on any atom is -0.309 e. The molecule has 0 unspecified atom stereocenters. The first-order chi connectivity index (χ1) is 23.7. The Bertz CT molecular complexity index is 2350. The van der Waals surface area contributed by atoms with Crippen LogP contribution in [0.3, 0.4) is 0 Å². The van der Waals surface area contributed by atoms with Crippen molar-refractivity contribution in [2.75, 3.05) is 0 Å². The smallest absolute Gasteiger partial charge is 0.180 e. The lowest BCUT2D eigenvalue weighted by Crippen LogP contribution is -2.75. The van der Waals surface area contributed by atoms with Crippen LogP contribution in [-0.2, 0) is 0 Å². The van der Waals surface area contributed by atoms with Gasteiger partial charge in [0.1, 0.15) is 0 Å². The van der Waals surface area contributed by atoms with Crippen molar-refractivity contribution in [3.05, 3.63) is 187 Å². The lowest BCUT2D eigenvalue weighted by molar-refractivity contribution is 1.18. The van der Waals surface area contributed by atoms with Gasteiger partial charge in [0.2, 0.25) is 0 Å². The number of nitriles is 2. The molecule has 0 radical (unpaired) electrons. The van der Waals surface area contributed by atoms with E-state index in [1.165, 1.54) is 26.3 Å². The van der Waals surface area contributed by atoms with Gasteiger partial charge in [0.15, 0.2) is 8.07 Å². The van der Waals surface area contributed by atoms with Gasteiger partial charge in [-0.25, -0.2) is 0 Å². The first kappa shape index (κ1) is 29.0. The van der Waals surface area contributed by atoms with E-state index in [4.69, 9.17) is 0 Å². The second kappa shape index (κ2) is 12.0. The van der Waals surface area contributed by atoms with E-state index in [9.17, 15) is 10.5 Å². The van der Waals surface area contributed by atoms with E-state index in [0.717, 1.165) is 33.1 Å². The molecule has 0 fully saturated rings. The maximum Gasteiger partial charge on any atom is 0.180 e. The van der Waals surface area contributed by atoms with Gasteiger partial charge in [0, 0.05) is 16.5 Å². The summed E-state index contributed by atoms with van der Waals surface area (Å²) in [7, 11) is -2.79. The zero-order valence-electron chi connectivity index (χ0n) is 26.1. The third kappa shape index (κ3) is 4.64. The van der Waals surface area contributed by atoms with Crippen molar-refractivity contribution in [2.45, 2.75) is 0 Å². The molecule has 7 aromatic carbocycles. The number of fused-ring (bicyclic) bond motifs is 3. The van der Waals surface area contributed by atoms with Crippen molar-refractivity contribution in [3.8, 4) is 29.0 Å². The molecule has 0 bridgehead atoms. The molecule has 0 aliphatic rings. The molecule has 1 heterocycles. The highest BCUT2D eigenvalue weighted by Crippen LogP contribution is 2.34. The second-order valence-corrected chi connectivity index (χ2v) is 15.7. The summed E-state index contributed by atoms with van der Waals surface area (Å²) in [5.41, 5.74) is 6.51. The number of hydrogen-bond donors (Lipinski definition) is 0. The van der Waals surface area contributed by atoms with Gasteiger partial charge in [-0.1, -0.05) is 127 Å². The van der Waals surface area contributed by atoms with Crippen LogP contribution in [0.1, 0.15) is 11.1 Å². The van der Waals surface area contributed by atoms with E-state index in [0.29, 0.717) is 11.1 Å². The van der Waals surface area contributed by atoms with Gasteiger partial charge in [-0.2, -0.15) is 10.5 Å². The maximum absolute atomic E-state index is 9.69. The summed E-state index contributed by atoms with van der Waals surface area (Å²) in [5.74, 6) is 0. The van der Waals surface area contributed by atoms with E-state index in [1.807, 2.05) is 36.4 Å². The Morgan fingerprint density at radius 3 is 1.42 bits per heavy atom. The Balaban J connectivity index is 1.41. The van der Waals surface area contributed by atoms with Crippen LogP contribution in [0.2, 0.25) is 0 Å². The van der Waals surface area contributed by atoms with Crippen LogP contribution >= 0.6 is 0 Å². The maximum atomic E-state index is 9.69. The van der Waals surface area contributed by atoms with Gasteiger partial charge in [-0.05, 0) is 80.4 Å². The fourth-order valence-electron chi connectivity index (χ4n) is 7.35. The highest BCUT2D eigenvalue weighted by Gasteiger charge is 2.42. The molecule has 48 heavy (non-hydrogen) atoms. The molecule has 1 aromatic heterocycles. The predicted molar refractivity (Wildman–Crippen MR) is 199 cm³/mol. The molecule has 4 heteroatoms. The summed E-state index contributed by atoms with van der Waals surface area (Å²) in [4.78, 5) is 0. The number of rotatable bonds is 6. The first-order valence-electron chi connectivity index (χ1n) is 16.0. The van der Waals surface area contributed by atoms with Gasteiger partial charge in [0.25, 0.3) is 0 Å². The standard InChI is InChI=1S/C44H29N3Si/c45-30-32-23-25-42-40(27-32)41-28-33(31-46)24-26-43(41)47(42)35-14-12-13-34(29-35)39-21-10-11-22-44(39)48(36-15-4-1-5-16-36,37-17-6-2-7-18-37)38-19-8-3-9-20-38/h1-29H. The van der Waals surface area contributed by atoms with Crippen LogP contribution in [0, 0.1) is 22.7 Å². The normalized spacial score (nSPS) is 11.3. The molecule has 0 spiro atoms. The Morgan fingerprint density at radius 2 is 0.917 bits per heavy atom. The van der Waals surface area contributed by atoms with Crippen molar-refractivity contribution in [3.63, 3.8) is 0 Å². The summed E-state index contributed by atoms with van der Waals surface area (Å²) in [6, 6.07) is 66.8. The minimum absolute atomic E-state index is 0.593. The molecule has 0 aliphatic carbocycles. The zero-order valence-corrected chi connectivity index (χ0v) is 27.1. The van der Waals surface area contributed by atoms with E-state index in [-0.39, 0.29) is 0 Å². The quantitative estimate of drug-likeness (QED) is 0.141. The molecule has 0 saturated heterocycles. The molecule has 0 amide bonds. The molecular formula is C44H29N3Si. The van der Waals surface area contributed by atoms with Crippen molar-refractivity contribution < 1.29 is 0 Å². The van der Waals surface area contributed by atoms with Gasteiger partial charge >= 0.3 is 0 Å². The fraction of sp³-hybridized carbons (Fsp3) is 0. The van der Waals surface area contributed by atoms with Crippen molar-refractivity contribution in [1.82, 2.24) is 4.57 Å². The molecular weight excluding hydrogens is 599 g/mol. The van der Waals surface area contributed by atoms with E-state index in [1.54, 1.807) is 0 Å². The zero-order chi connectivity index (χ0) is 32.5. The van der Waals surface area contributed by atoms with Crippen LogP contribution in [0.4, 0.5) is 0 Å². The first-order valence-corrected chi connectivity index (χ1v) is 18.0. The van der Waals surface area contributed by atoms with Gasteiger partial charge in [0.05, 0.1) is 34.3 Å². The van der Waals surface area contributed by atoms with Crippen LogP contribution in [0.5, 0.6) is 0 Å². The highest BCUT2D eigenvalue weighted by molar-refractivity contribution is 7.20. The minimum atomic E-state index is -2.79. The average molecular weight is 628 g/mol. The average Bonchev–Trinajstić information content (AvgIpc) is 3.49. The largest absolute Gasteiger partial charge is 0.309 e. The second-order valence-electron chi connectivity index (χ2n) is 12.0. The Labute approximate surface area is 280 Å². The Morgan fingerprint density at radius 1 is 0.438 bits per heavy atom. The van der Waals surface area contributed by atoms with E-state index < -0.39 is 8.07 Å². The van der Waals surface area contributed by atoms with Crippen molar-refractivity contribution >= 4 is 50.6 Å². The lowest BCUT2D eigenvalue weighted by Gasteiger charge is -2.36. The van der Waals surface area contributed by atoms with Crippen LogP contribution in [-0.4, -0.2) is 12.6 Å². The molecule has 0 atom stereocenters. The summed E-state index contributed by atoms with van der Waals surface area (Å²) in [5, 5.41) is 26.6. The summed E-state index contributed by atoms with van der Waals surface area (Å²) in [6.07, 6.45) is 0. The predicted octanol–water partition coefficient (Wildman–Crippen LogP) is 7.57.